The van der Waals surface area contributed by atoms with Crippen molar-refractivity contribution < 1.29 is 14.2 Å². The maximum absolute atomic E-state index is 6.50. The molecule has 0 saturated heterocycles. The first-order valence-electron chi connectivity index (χ1n) is 9.99. The highest BCUT2D eigenvalue weighted by atomic mass is 16.5. The highest BCUT2D eigenvalue weighted by molar-refractivity contribution is 5.68. The van der Waals surface area contributed by atoms with Crippen molar-refractivity contribution in [2.45, 2.75) is 19.2 Å². The van der Waals surface area contributed by atoms with E-state index in [1.165, 1.54) is 5.56 Å². The fourth-order valence-electron chi connectivity index (χ4n) is 4.04. The SMILES string of the molecule is COc1ccc(C2=CC3c4cccc(OC)c4OC(c4ccc(C)cc4)N3N2)cc1. The van der Waals surface area contributed by atoms with Gasteiger partial charge in [-0.15, -0.1) is 0 Å². The lowest BCUT2D eigenvalue weighted by Crippen LogP contribution is -2.43. The minimum atomic E-state index is -0.286. The molecule has 5 nitrogen and oxygen atoms in total. The van der Waals surface area contributed by atoms with E-state index in [1.54, 1.807) is 14.2 Å². The van der Waals surface area contributed by atoms with E-state index in [1.807, 2.05) is 24.3 Å². The van der Waals surface area contributed by atoms with E-state index in [2.05, 4.69) is 65.9 Å². The molecule has 3 aromatic carbocycles. The summed E-state index contributed by atoms with van der Waals surface area (Å²) >= 11 is 0. The molecule has 0 bridgehead atoms. The summed E-state index contributed by atoms with van der Waals surface area (Å²) in [6, 6.07) is 22.6. The second kappa shape index (κ2) is 7.43. The van der Waals surface area contributed by atoms with E-state index in [0.717, 1.165) is 39.6 Å². The van der Waals surface area contributed by atoms with Crippen LogP contribution >= 0.6 is 0 Å². The third kappa shape index (κ3) is 3.08. The van der Waals surface area contributed by atoms with Crippen LogP contribution in [0.4, 0.5) is 0 Å². The molecule has 0 aromatic heterocycles. The lowest BCUT2D eigenvalue weighted by Gasteiger charge is -2.39. The zero-order valence-corrected chi connectivity index (χ0v) is 17.3. The van der Waals surface area contributed by atoms with Gasteiger partial charge in [-0.3, -0.25) is 0 Å². The highest BCUT2D eigenvalue weighted by Crippen LogP contribution is 2.49. The second-order valence-electron chi connectivity index (χ2n) is 7.53. The van der Waals surface area contributed by atoms with E-state index < -0.39 is 0 Å². The lowest BCUT2D eigenvalue weighted by atomic mass is 10.00. The van der Waals surface area contributed by atoms with E-state index in [9.17, 15) is 0 Å². The van der Waals surface area contributed by atoms with E-state index in [4.69, 9.17) is 14.2 Å². The number of aryl methyl sites for hydroxylation is 1. The molecule has 2 unspecified atom stereocenters. The van der Waals surface area contributed by atoms with E-state index >= 15 is 0 Å². The fourth-order valence-corrected chi connectivity index (χ4v) is 4.04. The van der Waals surface area contributed by atoms with Gasteiger partial charge in [0.15, 0.2) is 17.7 Å². The highest BCUT2D eigenvalue weighted by Gasteiger charge is 2.41. The molecule has 0 aliphatic carbocycles. The van der Waals surface area contributed by atoms with Gasteiger partial charge in [0.1, 0.15) is 5.75 Å². The Balaban J connectivity index is 1.58. The zero-order chi connectivity index (χ0) is 20.7. The van der Waals surface area contributed by atoms with Crippen molar-refractivity contribution in [2.75, 3.05) is 14.2 Å². The molecule has 30 heavy (non-hydrogen) atoms. The van der Waals surface area contributed by atoms with Gasteiger partial charge in [-0.2, -0.15) is 5.01 Å². The van der Waals surface area contributed by atoms with Crippen molar-refractivity contribution in [1.82, 2.24) is 10.4 Å². The number of methoxy groups -OCH3 is 2. The molecular weight excluding hydrogens is 376 g/mol. The van der Waals surface area contributed by atoms with Gasteiger partial charge in [0, 0.05) is 11.1 Å². The van der Waals surface area contributed by atoms with Crippen molar-refractivity contribution >= 4 is 5.70 Å². The number of hydrazine groups is 1. The predicted octanol–water partition coefficient (Wildman–Crippen LogP) is 5.01. The smallest absolute Gasteiger partial charge is 0.196 e. The van der Waals surface area contributed by atoms with Crippen LogP contribution in [-0.2, 0) is 0 Å². The van der Waals surface area contributed by atoms with Crippen LogP contribution in [0, 0.1) is 6.92 Å². The van der Waals surface area contributed by atoms with Gasteiger partial charge in [-0.05, 0) is 48.9 Å². The van der Waals surface area contributed by atoms with Gasteiger partial charge >= 0.3 is 0 Å². The van der Waals surface area contributed by atoms with Crippen molar-refractivity contribution in [3.63, 3.8) is 0 Å². The van der Waals surface area contributed by atoms with Crippen LogP contribution < -0.4 is 19.6 Å². The van der Waals surface area contributed by atoms with Crippen molar-refractivity contribution in [3.05, 3.63) is 95.1 Å². The number of hydrogen-bond acceptors (Lipinski definition) is 5. The Morgan fingerprint density at radius 1 is 0.900 bits per heavy atom. The Bertz CT molecular complexity index is 1090. The average Bonchev–Trinajstić information content (AvgIpc) is 3.24. The van der Waals surface area contributed by atoms with Gasteiger partial charge < -0.3 is 19.6 Å². The predicted molar refractivity (Wildman–Crippen MR) is 116 cm³/mol. The third-order valence-corrected chi connectivity index (χ3v) is 5.67. The molecule has 0 saturated carbocycles. The third-order valence-electron chi connectivity index (χ3n) is 5.67. The summed E-state index contributed by atoms with van der Waals surface area (Å²) < 4.78 is 17.4. The quantitative estimate of drug-likeness (QED) is 0.667. The summed E-state index contributed by atoms with van der Waals surface area (Å²) in [6.07, 6.45) is 1.95. The molecule has 2 aliphatic rings. The summed E-state index contributed by atoms with van der Waals surface area (Å²) in [4.78, 5) is 0. The lowest BCUT2D eigenvalue weighted by molar-refractivity contribution is -0.0343. The van der Waals surface area contributed by atoms with Crippen LogP contribution in [0.25, 0.3) is 5.70 Å². The first kappa shape index (κ1) is 18.6. The maximum Gasteiger partial charge on any atom is 0.196 e. The van der Waals surface area contributed by atoms with E-state index in [0.29, 0.717) is 0 Å². The topological polar surface area (TPSA) is 43.0 Å². The zero-order valence-electron chi connectivity index (χ0n) is 17.3. The molecule has 2 heterocycles. The minimum absolute atomic E-state index is 0.0206. The van der Waals surface area contributed by atoms with Gasteiger partial charge in [-0.25, -0.2) is 0 Å². The Morgan fingerprint density at radius 3 is 2.37 bits per heavy atom. The first-order chi connectivity index (χ1) is 14.7. The molecule has 0 spiro atoms. The molecule has 0 radical (unpaired) electrons. The Hall–Kier alpha value is -3.44. The normalized spacial score (nSPS) is 19.8. The van der Waals surface area contributed by atoms with Crippen molar-refractivity contribution in [3.8, 4) is 17.2 Å². The number of nitrogens with zero attached hydrogens (tertiary/aromatic N) is 1. The molecule has 0 fully saturated rings. The number of ether oxygens (including phenoxy) is 3. The monoisotopic (exact) mass is 400 g/mol. The van der Waals surface area contributed by atoms with Crippen LogP contribution in [0.2, 0.25) is 0 Å². The Kier molecular flexibility index (Phi) is 4.60. The van der Waals surface area contributed by atoms with Crippen molar-refractivity contribution in [2.24, 2.45) is 0 Å². The molecule has 2 aliphatic heterocycles. The van der Waals surface area contributed by atoms with Crippen LogP contribution in [-0.4, -0.2) is 19.2 Å². The summed E-state index contributed by atoms with van der Waals surface area (Å²) in [5.74, 6) is 2.38. The first-order valence-corrected chi connectivity index (χ1v) is 9.99. The second-order valence-corrected chi connectivity index (χ2v) is 7.53. The average molecular weight is 400 g/mol. The maximum atomic E-state index is 6.50. The number of benzene rings is 3. The molecular formula is C25H24N2O3. The molecule has 2 atom stereocenters. The van der Waals surface area contributed by atoms with Gasteiger partial charge in [0.2, 0.25) is 0 Å². The standard InChI is InChI=1S/C25H24N2O3/c1-16-7-9-18(10-8-16)25-27-22(20-5-4-6-23(29-3)24(20)30-25)15-21(26-27)17-11-13-19(28-2)14-12-17/h4-15,22,25-26H,1-3H3. The molecule has 5 heteroatoms. The van der Waals surface area contributed by atoms with Crippen LogP contribution in [0.5, 0.6) is 17.2 Å². The number of rotatable bonds is 4. The molecule has 1 N–H and O–H groups in total. The number of fused-ring (bicyclic) bond motifs is 3. The van der Waals surface area contributed by atoms with Crippen LogP contribution in [0.1, 0.15) is 34.5 Å². The fraction of sp³-hybridized carbons (Fsp3) is 0.200. The van der Waals surface area contributed by atoms with Gasteiger partial charge in [0.05, 0.1) is 26.0 Å². The van der Waals surface area contributed by atoms with Gasteiger partial charge in [-0.1, -0.05) is 42.0 Å². The summed E-state index contributed by atoms with van der Waals surface area (Å²) in [5.41, 5.74) is 9.09. The molecule has 0 amide bonds. The molecule has 3 aromatic rings. The summed E-state index contributed by atoms with van der Waals surface area (Å²) in [5, 5.41) is 2.16. The Morgan fingerprint density at radius 2 is 1.67 bits per heavy atom. The number of para-hydroxylation sites is 1. The number of nitrogens with one attached hydrogen (secondary N) is 1. The van der Waals surface area contributed by atoms with E-state index in [-0.39, 0.29) is 12.3 Å². The van der Waals surface area contributed by atoms with Crippen molar-refractivity contribution in [1.29, 1.82) is 0 Å². The summed E-state index contributed by atoms with van der Waals surface area (Å²) in [7, 11) is 3.36. The number of hydrogen-bond donors (Lipinski definition) is 1. The van der Waals surface area contributed by atoms with Gasteiger partial charge in [0.25, 0.3) is 0 Å². The Labute approximate surface area is 176 Å². The van der Waals surface area contributed by atoms with Crippen LogP contribution in [0.3, 0.4) is 0 Å². The molecule has 152 valence electrons. The largest absolute Gasteiger partial charge is 0.497 e. The van der Waals surface area contributed by atoms with Crippen LogP contribution in [0.15, 0.2) is 72.8 Å². The minimum Gasteiger partial charge on any atom is -0.497 e. The summed E-state index contributed by atoms with van der Waals surface area (Å²) in [6.45, 7) is 2.09. The molecule has 5 rings (SSSR count).